The summed E-state index contributed by atoms with van der Waals surface area (Å²) in [5.74, 6) is 0.108. The second-order valence-electron chi connectivity index (χ2n) is 8.80. The number of fused-ring (bicyclic) bond motifs is 2. The summed E-state index contributed by atoms with van der Waals surface area (Å²) in [5, 5.41) is 21.5. The van der Waals surface area contributed by atoms with E-state index in [0.29, 0.717) is 25.7 Å². The average molecular weight is 432 g/mol. The van der Waals surface area contributed by atoms with E-state index in [1.165, 1.54) is 12.1 Å². The zero-order valence-corrected chi connectivity index (χ0v) is 17.9. The first kappa shape index (κ1) is 21.5. The maximum atomic E-state index is 12.9. The summed E-state index contributed by atoms with van der Waals surface area (Å²) in [7, 11) is -3.78. The molecular weight excluding hydrogens is 402 g/mol. The Bertz CT molecular complexity index is 968. The van der Waals surface area contributed by atoms with E-state index in [0.717, 1.165) is 5.56 Å². The van der Waals surface area contributed by atoms with E-state index in [-0.39, 0.29) is 17.4 Å². The molecule has 0 aromatic heterocycles. The minimum absolute atomic E-state index is 0.108. The van der Waals surface area contributed by atoms with Crippen LogP contribution in [-0.2, 0) is 14.8 Å². The van der Waals surface area contributed by atoms with Crippen molar-refractivity contribution in [1.29, 1.82) is 0 Å². The number of aliphatic hydroxyl groups is 2. The van der Waals surface area contributed by atoms with Gasteiger partial charge in [-0.15, -0.1) is 0 Å². The highest BCUT2D eigenvalue weighted by atomic mass is 32.2. The molecule has 2 saturated heterocycles. The van der Waals surface area contributed by atoms with Gasteiger partial charge in [-0.05, 0) is 56.2 Å². The molecular formula is C23H29NO5S. The lowest BCUT2D eigenvalue weighted by Gasteiger charge is -2.49. The highest BCUT2D eigenvalue weighted by molar-refractivity contribution is 7.89. The third-order valence-electron chi connectivity index (χ3n) is 6.56. The molecule has 0 unspecified atom stereocenters. The molecule has 0 aliphatic carbocycles. The molecule has 6 nitrogen and oxygen atoms in total. The minimum atomic E-state index is -3.78. The molecule has 7 heteroatoms. The van der Waals surface area contributed by atoms with E-state index >= 15 is 0 Å². The Kier molecular flexibility index (Phi) is 5.76. The predicted molar refractivity (Wildman–Crippen MR) is 114 cm³/mol. The van der Waals surface area contributed by atoms with Crippen LogP contribution in [0.25, 0.3) is 0 Å². The Morgan fingerprint density at radius 3 is 2.33 bits per heavy atom. The van der Waals surface area contributed by atoms with E-state index in [9.17, 15) is 18.6 Å². The van der Waals surface area contributed by atoms with Crippen molar-refractivity contribution in [1.82, 2.24) is 4.72 Å². The maximum Gasteiger partial charge on any atom is 0.240 e. The number of nitrogens with one attached hydrogen (secondary N) is 1. The molecule has 2 heterocycles. The number of benzene rings is 2. The second kappa shape index (κ2) is 8.05. The number of hydrogen-bond donors (Lipinski definition) is 3. The van der Waals surface area contributed by atoms with Crippen LogP contribution < -0.4 is 4.72 Å². The summed E-state index contributed by atoms with van der Waals surface area (Å²) in [6.45, 7) is 1.66. The number of sulfonamides is 1. The van der Waals surface area contributed by atoms with Gasteiger partial charge in [-0.2, -0.15) is 0 Å². The molecule has 2 aliphatic heterocycles. The number of rotatable bonds is 5. The van der Waals surface area contributed by atoms with Crippen molar-refractivity contribution in [2.75, 3.05) is 6.61 Å². The first-order chi connectivity index (χ1) is 14.3. The Labute approximate surface area is 178 Å². The number of hydrogen-bond acceptors (Lipinski definition) is 5. The van der Waals surface area contributed by atoms with E-state index in [2.05, 4.69) is 16.9 Å². The molecule has 162 valence electrons. The minimum Gasteiger partial charge on any atom is -0.393 e. The van der Waals surface area contributed by atoms with Crippen molar-refractivity contribution in [3.05, 3.63) is 66.2 Å². The summed E-state index contributed by atoms with van der Waals surface area (Å²) in [6.07, 6.45) is 0.972. The Morgan fingerprint density at radius 1 is 1.07 bits per heavy atom. The van der Waals surface area contributed by atoms with E-state index in [1.807, 2.05) is 25.1 Å². The quantitative estimate of drug-likeness (QED) is 0.676. The second-order valence-corrected chi connectivity index (χ2v) is 10.5. The molecule has 3 N–H and O–H groups in total. The molecule has 0 radical (unpaired) electrons. The number of ether oxygens (including phenoxy) is 1. The first-order valence-corrected chi connectivity index (χ1v) is 11.9. The molecule has 0 saturated carbocycles. The molecule has 2 aromatic carbocycles. The van der Waals surface area contributed by atoms with Crippen molar-refractivity contribution >= 4 is 10.0 Å². The van der Waals surface area contributed by atoms with Crippen molar-refractivity contribution in [2.45, 2.75) is 66.8 Å². The van der Waals surface area contributed by atoms with Crippen molar-refractivity contribution in [3.63, 3.8) is 0 Å². The molecule has 0 amide bonds. The van der Waals surface area contributed by atoms with Gasteiger partial charge in [-0.1, -0.05) is 48.5 Å². The van der Waals surface area contributed by atoms with Crippen LogP contribution in [0.3, 0.4) is 0 Å². The summed E-state index contributed by atoms with van der Waals surface area (Å²) in [4.78, 5) is 0.162. The molecule has 2 aliphatic rings. The van der Waals surface area contributed by atoms with Crippen molar-refractivity contribution in [2.24, 2.45) is 0 Å². The Morgan fingerprint density at radius 2 is 1.70 bits per heavy atom. The van der Waals surface area contributed by atoms with Crippen LogP contribution in [-0.4, -0.2) is 48.6 Å². The molecule has 30 heavy (non-hydrogen) atoms. The molecule has 2 bridgehead atoms. The van der Waals surface area contributed by atoms with Crippen LogP contribution in [0.1, 0.15) is 44.1 Å². The fraction of sp³-hybridized carbons (Fsp3) is 0.478. The van der Waals surface area contributed by atoms with Crippen molar-refractivity contribution < 1.29 is 23.4 Å². The molecule has 5 atom stereocenters. The topological polar surface area (TPSA) is 95.9 Å². The van der Waals surface area contributed by atoms with Gasteiger partial charge in [-0.3, -0.25) is 0 Å². The van der Waals surface area contributed by atoms with Gasteiger partial charge in [0.1, 0.15) is 0 Å². The fourth-order valence-electron chi connectivity index (χ4n) is 5.05. The third-order valence-corrected chi connectivity index (χ3v) is 8.06. The van der Waals surface area contributed by atoms with Crippen LogP contribution in [0.15, 0.2) is 65.6 Å². The SMILES string of the molecule is C[C@]12C[C@@H](c3ccccc3)C[C@](CO)(CC[C@@H](NS(=O)(=O)c3ccccc3)[C@@H]1O)O2. The predicted octanol–water partition coefficient (Wildman–Crippen LogP) is 2.57. The highest BCUT2D eigenvalue weighted by Gasteiger charge is 2.55. The summed E-state index contributed by atoms with van der Waals surface area (Å²) in [6, 6.07) is 17.5. The largest absolute Gasteiger partial charge is 0.393 e. The lowest BCUT2D eigenvalue weighted by atomic mass is 9.74. The van der Waals surface area contributed by atoms with Gasteiger partial charge in [0.2, 0.25) is 10.0 Å². The Balaban J connectivity index is 1.64. The van der Waals surface area contributed by atoms with E-state index < -0.39 is 33.4 Å². The third kappa shape index (κ3) is 4.05. The molecule has 2 fully saturated rings. The summed E-state index contributed by atoms with van der Waals surface area (Å²) < 4.78 is 34.8. The molecule has 4 rings (SSSR count). The first-order valence-electron chi connectivity index (χ1n) is 10.4. The van der Waals surface area contributed by atoms with Gasteiger partial charge in [0.05, 0.1) is 34.9 Å². The monoisotopic (exact) mass is 431 g/mol. The van der Waals surface area contributed by atoms with Gasteiger partial charge in [0.25, 0.3) is 0 Å². The zero-order valence-electron chi connectivity index (χ0n) is 17.1. The summed E-state index contributed by atoms with van der Waals surface area (Å²) in [5.41, 5.74) is -0.649. The lowest BCUT2D eigenvalue weighted by Crippen LogP contribution is -2.58. The maximum absolute atomic E-state index is 12.9. The van der Waals surface area contributed by atoms with Crippen LogP contribution >= 0.6 is 0 Å². The van der Waals surface area contributed by atoms with E-state index in [1.54, 1.807) is 18.2 Å². The van der Waals surface area contributed by atoms with Crippen LogP contribution in [0, 0.1) is 0 Å². The molecule has 0 spiro atoms. The van der Waals surface area contributed by atoms with E-state index in [4.69, 9.17) is 4.74 Å². The smallest absolute Gasteiger partial charge is 0.240 e. The van der Waals surface area contributed by atoms with Crippen LogP contribution in [0.5, 0.6) is 0 Å². The van der Waals surface area contributed by atoms with Gasteiger partial charge in [-0.25, -0.2) is 13.1 Å². The lowest BCUT2D eigenvalue weighted by molar-refractivity contribution is -0.230. The standard InChI is InChI=1S/C23H29NO5S/c1-22-14-18(17-8-4-2-5-9-17)15-23(16-25,29-22)13-12-20(21(22)26)24-30(27,28)19-10-6-3-7-11-19/h2-11,18,20-21,24-26H,12-16H2,1H3/t18-,20-,21+,22+,23+/m1/s1. The highest BCUT2D eigenvalue weighted by Crippen LogP contribution is 2.49. The molecule has 2 aromatic rings. The summed E-state index contributed by atoms with van der Waals surface area (Å²) >= 11 is 0. The van der Waals surface area contributed by atoms with Gasteiger partial charge < -0.3 is 14.9 Å². The van der Waals surface area contributed by atoms with Gasteiger partial charge in [0.15, 0.2) is 0 Å². The van der Waals surface area contributed by atoms with Crippen LogP contribution in [0.4, 0.5) is 0 Å². The van der Waals surface area contributed by atoms with Gasteiger partial charge >= 0.3 is 0 Å². The van der Waals surface area contributed by atoms with Crippen LogP contribution in [0.2, 0.25) is 0 Å². The zero-order chi connectivity index (χ0) is 21.4. The van der Waals surface area contributed by atoms with Gasteiger partial charge in [0, 0.05) is 0 Å². The normalized spacial score (nSPS) is 34.3. The fourth-order valence-corrected chi connectivity index (χ4v) is 6.35. The average Bonchev–Trinajstić information content (AvgIpc) is 2.83. The number of aliphatic hydroxyl groups excluding tert-OH is 2. The Hall–Kier alpha value is -1.77. The van der Waals surface area contributed by atoms with Crippen molar-refractivity contribution in [3.8, 4) is 0 Å².